The predicted molar refractivity (Wildman–Crippen MR) is 66.0 cm³/mol. The maximum absolute atomic E-state index is 12.3. The molecule has 1 amide bonds. The van der Waals surface area contributed by atoms with Crippen LogP contribution in [0, 0.1) is 5.92 Å². The smallest absolute Gasteiger partial charge is 0.381 e. The molecule has 0 spiro atoms. The molecule has 0 saturated carbocycles. The molecule has 0 bridgehead atoms. The molecule has 1 heterocycles. The number of carbonyl (C=O) groups is 1. The summed E-state index contributed by atoms with van der Waals surface area (Å²) >= 11 is 0.745. The molecule has 0 radical (unpaired) electrons. The summed E-state index contributed by atoms with van der Waals surface area (Å²) in [5, 5.41) is 3.12. The van der Waals surface area contributed by atoms with Crippen molar-refractivity contribution >= 4 is 22.4 Å². The molecule has 108 valence electrons. The van der Waals surface area contributed by atoms with E-state index >= 15 is 0 Å². The molecule has 0 aliphatic heterocycles. The van der Waals surface area contributed by atoms with Gasteiger partial charge in [0.15, 0.2) is 10.8 Å². The number of hydrogen-bond acceptors (Lipinski definition) is 4. The second-order valence-corrected chi connectivity index (χ2v) is 5.16. The Kier molecular flexibility index (Phi) is 5.74. The zero-order valence-electron chi connectivity index (χ0n) is 10.6. The quantitative estimate of drug-likeness (QED) is 0.820. The van der Waals surface area contributed by atoms with Gasteiger partial charge in [0, 0.05) is 12.0 Å². The molecule has 1 aromatic rings. The van der Waals surface area contributed by atoms with Crippen LogP contribution in [-0.4, -0.2) is 24.1 Å². The van der Waals surface area contributed by atoms with Crippen molar-refractivity contribution in [2.75, 3.05) is 18.5 Å². The number of alkyl halides is 3. The Bertz CT molecular complexity index is 418. The molecule has 8 heteroatoms. The van der Waals surface area contributed by atoms with Gasteiger partial charge < -0.3 is 10.1 Å². The molecule has 4 nitrogen and oxygen atoms in total. The first-order valence-electron chi connectivity index (χ1n) is 5.69. The maximum atomic E-state index is 12.3. The van der Waals surface area contributed by atoms with Crippen LogP contribution >= 0.6 is 11.3 Å². The molecular formula is C11H15F3N2O2S. The molecule has 1 rings (SSSR count). The molecule has 19 heavy (non-hydrogen) atoms. The summed E-state index contributed by atoms with van der Waals surface area (Å²) in [7, 11) is 0. The van der Waals surface area contributed by atoms with Crippen LogP contribution in [-0.2, 0) is 15.7 Å². The number of hydrogen-bond donors (Lipinski definition) is 1. The summed E-state index contributed by atoms with van der Waals surface area (Å²) in [6, 6.07) is 0. The van der Waals surface area contributed by atoms with Crippen molar-refractivity contribution in [2.45, 2.75) is 26.4 Å². The number of halogens is 3. The van der Waals surface area contributed by atoms with E-state index in [1.54, 1.807) is 0 Å². The van der Waals surface area contributed by atoms with Gasteiger partial charge in [0.05, 0.1) is 13.0 Å². The van der Waals surface area contributed by atoms with Gasteiger partial charge in [-0.25, -0.2) is 4.98 Å². The minimum atomic E-state index is -4.49. The molecule has 0 aromatic carbocycles. The predicted octanol–water partition coefficient (Wildman–Crippen LogP) is 3.16. The van der Waals surface area contributed by atoms with Gasteiger partial charge in [0.1, 0.15) is 0 Å². The summed E-state index contributed by atoms with van der Waals surface area (Å²) in [5.74, 6) is -0.0387. The van der Waals surface area contributed by atoms with E-state index in [0.29, 0.717) is 12.5 Å². The first kappa shape index (κ1) is 15.9. The van der Waals surface area contributed by atoms with Crippen LogP contribution in [0.4, 0.5) is 18.3 Å². The van der Waals surface area contributed by atoms with E-state index in [1.165, 1.54) is 0 Å². The summed E-state index contributed by atoms with van der Waals surface area (Å²) in [6.07, 6.45) is -4.40. The van der Waals surface area contributed by atoms with E-state index < -0.39 is 17.8 Å². The zero-order chi connectivity index (χ0) is 14.5. The third-order valence-corrected chi connectivity index (χ3v) is 2.72. The monoisotopic (exact) mass is 296 g/mol. The highest BCUT2D eigenvalue weighted by Gasteiger charge is 2.33. The number of aromatic nitrogens is 1. The van der Waals surface area contributed by atoms with Crippen molar-refractivity contribution in [1.29, 1.82) is 0 Å². The van der Waals surface area contributed by atoms with Gasteiger partial charge in [0.25, 0.3) is 0 Å². The molecule has 0 fully saturated rings. The van der Waals surface area contributed by atoms with Crippen LogP contribution in [0.1, 0.15) is 26.0 Å². The summed E-state index contributed by atoms with van der Waals surface area (Å²) in [5.41, 5.74) is -0.996. The van der Waals surface area contributed by atoms with Crippen LogP contribution in [0.2, 0.25) is 0 Å². The van der Waals surface area contributed by atoms with Crippen LogP contribution in [0.3, 0.4) is 0 Å². The minimum absolute atomic E-state index is 0.0545. The number of ether oxygens (including phenoxy) is 1. The summed E-state index contributed by atoms with van der Waals surface area (Å²) < 4.78 is 42.0. The van der Waals surface area contributed by atoms with Gasteiger partial charge in [-0.05, 0) is 5.92 Å². The van der Waals surface area contributed by atoms with Crippen LogP contribution in [0.15, 0.2) is 5.38 Å². The lowest BCUT2D eigenvalue weighted by Gasteiger charge is -2.06. The standard InChI is InChI=1S/C11H15F3N2O2S/c1-7(2)5-18-4-3-9(17)16-10-15-8(6-19-10)11(12,13)14/h6-7H,3-5H2,1-2H3,(H,15,16,17). The van der Waals surface area contributed by atoms with Crippen molar-refractivity contribution in [1.82, 2.24) is 4.98 Å². The summed E-state index contributed by atoms with van der Waals surface area (Å²) in [4.78, 5) is 14.7. The van der Waals surface area contributed by atoms with E-state index in [2.05, 4.69) is 10.3 Å². The SMILES string of the molecule is CC(C)COCCC(=O)Nc1nc(C(F)(F)F)cs1. The van der Waals surface area contributed by atoms with Gasteiger partial charge in [-0.15, -0.1) is 11.3 Å². The highest BCUT2D eigenvalue weighted by Crippen LogP contribution is 2.31. The van der Waals surface area contributed by atoms with E-state index in [4.69, 9.17) is 4.74 Å². The molecule has 1 aromatic heterocycles. The Morgan fingerprint density at radius 2 is 2.21 bits per heavy atom. The van der Waals surface area contributed by atoms with Gasteiger partial charge in [-0.3, -0.25) is 4.79 Å². The second kappa shape index (κ2) is 6.85. The largest absolute Gasteiger partial charge is 0.434 e. The zero-order valence-corrected chi connectivity index (χ0v) is 11.4. The van der Waals surface area contributed by atoms with Gasteiger partial charge >= 0.3 is 6.18 Å². The van der Waals surface area contributed by atoms with Gasteiger partial charge in [-0.2, -0.15) is 13.2 Å². The van der Waals surface area contributed by atoms with E-state index in [0.717, 1.165) is 16.7 Å². The van der Waals surface area contributed by atoms with Gasteiger partial charge in [0.2, 0.25) is 5.91 Å². The first-order valence-corrected chi connectivity index (χ1v) is 6.57. The maximum Gasteiger partial charge on any atom is 0.434 e. The highest BCUT2D eigenvalue weighted by molar-refractivity contribution is 7.13. The second-order valence-electron chi connectivity index (χ2n) is 4.30. The Hall–Kier alpha value is -1.15. The topological polar surface area (TPSA) is 51.2 Å². The lowest BCUT2D eigenvalue weighted by Crippen LogP contribution is -2.15. The molecule has 1 N–H and O–H groups in total. The number of nitrogens with zero attached hydrogens (tertiary/aromatic N) is 1. The highest BCUT2D eigenvalue weighted by atomic mass is 32.1. The molecule has 0 unspecified atom stereocenters. The number of rotatable bonds is 6. The van der Waals surface area contributed by atoms with Crippen LogP contribution in [0.25, 0.3) is 0 Å². The van der Waals surface area contributed by atoms with Crippen molar-refractivity contribution in [3.8, 4) is 0 Å². The average molecular weight is 296 g/mol. The fourth-order valence-electron chi connectivity index (χ4n) is 1.13. The number of carbonyl (C=O) groups excluding carboxylic acids is 1. The average Bonchev–Trinajstić information content (AvgIpc) is 2.72. The number of anilines is 1. The van der Waals surface area contributed by atoms with Crippen molar-refractivity contribution in [3.63, 3.8) is 0 Å². The molecule has 0 aliphatic carbocycles. The van der Waals surface area contributed by atoms with E-state index in [1.807, 2.05) is 13.8 Å². The Morgan fingerprint density at radius 1 is 1.53 bits per heavy atom. The Balaban J connectivity index is 2.34. The Morgan fingerprint density at radius 3 is 2.74 bits per heavy atom. The molecular weight excluding hydrogens is 281 g/mol. The number of amides is 1. The lowest BCUT2D eigenvalue weighted by molar-refractivity contribution is -0.140. The first-order chi connectivity index (χ1) is 8.79. The van der Waals surface area contributed by atoms with E-state index in [-0.39, 0.29) is 18.2 Å². The summed E-state index contributed by atoms with van der Waals surface area (Å²) in [6.45, 7) is 4.74. The number of nitrogens with one attached hydrogen (secondary N) is 1. The van der Waals surface area contributed by atoms with Crippen molar-refractivity contribution in [3.05, 3.63) is 11.1 Å². The molecule has 0 saturated heterocycles. The van der Waals surface area contributed by atoms with Crippen LogP contribution < -0.4 is 5.32 Å². The Labute approximate surface area is 113 Å². The molecule has 0 aliphatic rings. The normalized spacial score (nSPS) is 11.9. The fourth-order valence-corrected chi connectivity index (χ4v) is 1.86. The number of thiazole rings is 1. The van der Waals surface area contributed by atoms with Crippen molar-refractivity contribution in [2.24, 2.45) is 5.92 Å². The molecule has 0 atom stereocenters. The minimum Gasteiger partial charge on any atom is -0.381 e. The lowest BCUT2D eigenvalue weighted by atomic mass is 10.2. The van der Waals surface area contributed by atoms with Crippen molar-refractivity contribution < 1.29 is 22.7 Å². The third-order valence-electron chi connectivity index (χ3n) is 1.97. The van der Waals surface area contributed by atoms with E-state index in [9.17, 15) is 18.0 Å². The fraction of sp³-hybridized carbons (Fsp3) is 0.636. The van der Waals surface area contributed by atoms with Crippen LogP contribution in [0.5, 0.6) is 0 Å². The van der Waals surface area contributed by atoms with Gasteiger partial charge in [-0.1, -0.05) is 13.8 Å². The third kappa shape index (κ3) is 6.02.